The lowest BCUT2D eigenvalue weighted by atomic mass is 9.82. The van der Waals surface area contributed by atoms with Crippen LogP contribution in [0.25, 0.3) is 0 Å². The lowest BCUT2D eigenvalue weighted by Gasteiger charge is -2.23. The molecule has 0 radical (unpaired) electrons. The summed E-state index contributed by atoms with van der Waals surface area (Å²) in [6.07, 6.45) is 6.71. The highest BCUT2D eigenvalue weighted by Crippen LogP contribution is 2.28. The molecule has 0 nitrogen and oxygen atoms in total. The molecule has 0 unspecified atom stereocenters. The van der Waals surface area contributed by atoms with Crippen LogP contribution in [0.1, 0.15) is 140 Å². The third kappa shape index (κ3) is 19.0. The number of hydrogen-bond acceptors (Lipinski definition) is 0. The van der Waals surface area contributed by atoms with Gasteiger partial charge in [0, 0.05) is 0 Å². The van der Waals surface area contributed by atoms with E-state index >= 15 is 0 Å². The van der Waals surface area contributed by atoms with Gasteiger partial charge in [0.05, 0.1) is 0 Å². The molecule has 0 bridgehead atoms. The van der Waals surface area contributed by atoms with Crippen LogP contribution in [0.2, 0.25) is 0 Å². The van der Waals surface area contributed by atoms with Crippen molar-refractivity contribution in [3.05, 3.63) is 35.4 Å². The Labute approximate surface area is 186 Å². The monoisotopic (exact) mass is 404 g/mol. The molecular weight excluding hydrogens is 348 g/mol. The van der Waals surface area contributed by atoms with Gasteiger partial charge in [-0.1, -0.05) is 140 Å². The molecule has 0 spiro atoms. The van der Waals surface area contributed by atoms with E-state index in [-0.39, 0.29) is 10.8 Å². The predicted octanol–water partition coefficient (Wildman–Crippen LogP) is 10.3. The first-order valence-electron chi connectivity index (χ1n) is 11.9. The van der Waals surface area contributed by atoms with Gasteiger partial charge in [-0.2, -0.15) is 0 Å². The Morgan fingerprint density at radius 2 is 0.724 bits per heavy atom. The molecule has 0 N–H and O–H groups in total. The second-order valence-corrected chi connectivity index (χ2v) is 13.1. The average molecular weight is 405 g/mol. The lowest BCUT2D eigenvalue weighted by molar-refractivity contribution is 0.301. The predicted molar refractivity (Wildman–Crippen MR) is 137 cm³/mol. The van der Waals surface area contributed by atoms with Crippen molar-refractivity contribution >= 4 is 0 Å². The van der Waals surface area contributed by atoms with Crippen LogP contribution in [0.4, 0.5) is 0 Å². The third-order valence-electron chi connectivity index (χ3n) is 4.97. The second kappa shape index (κ2) is 12.8. The molecule has 0 amide bonds. The van der Waals surface area contributed by atoms with E-state index in [1.807, 2.05) is 0 Å². The zero-order valence-electron chi connectivity index (χ0n) is 22.8. The topological polar surface area (TPSA) is 0 Å². The largest absolute Gasteiger partial charge is 0.0654 e. The number of unbranched alkanes of at least 4 members (excludes halogenated alkanes) is 1. The molecule has 0 aromatic heterocycles. The van der Waals surface area contributed by atoms with Gasteiger partial charge in [-0.05, 0) is 45.6 Å². The molecular formula is C29H56. The Balaban J connectivity index is 0. The fraction of sp³-hybridized carbons (Fsp3) is 0.793. The number of hydrogen-bond donors (Lipinski definition) is 0. The summed E-state index contributed by atoms with van der Waals surface area (Å²) in [5.41, 5.74) is 4.37. The maximum atomic E-state index is 2.32. The summed E-state index contributed by atoms with van der Waals surface area (Å²) in [5, 5.41) is 0. The van der Waals surface area contributed by atoms with Gasteiger partial charge >= 0.3 is 0 Å². The van der Waals surface area contributed by atoms with Gasteiger partial charge in [0.15, 0.2) is 0 Å². The van der Waals surface area contributed by atoms with E-state index < -0.39 is 0 Å². The first-order valence-corrected chi connectivity index (χ1v) is 11.9. The Bertz CT molecular complexity index is 455. The molecule has 0 heterocycles. The Kier molecular flexibility index (Phi) is 13.4. The average Bonchev–Trinajstić information content (AvgIpc) is 2.51. The second-order valence-electron chi connectivity index (χ2n) is 13.1. The van der Waals surface area contributed by atoms with Crippen molar-refractivity contribution < 1.29 is 0 Å². The van der Waals surface area contributed by atoms with Gasteiger partial charge in [0.2, 0.25) is 0 Å². The summed E-state index contributed by atoms with van der Waals surface area (Å²) < 4.78 is 0. The Morgan fingerprint density at radius 3 is 0.862 bits per heavy atom. The van der Waals surface area contributed by atoms with E-state index in [4.69, 9.17) is 0 Å². The van der Waals surface area contributed by atoms with Gasteiger partial charge in [0.25, 0.3) is 0 Å². The smallest absolute Gasteiger partial charge is 0.0132 e. The van der Waals surface area contributed by atoms with Crippen LogP contribution in [0.15, 0.2) is 24.3 Å². The quantitative estimate of drug-likeness (QED) is 0.470. The van der Waals surface area contributed by atoms with Crippen molar-refractivity contribution in [2.75, 3.05) is 0 Å². The third-order valence-corrected chi connectivity index (χ3v) is 4.97. The zero-order valence-corrected chi connectivity index (χ0v) is 22.8. The zero-order chi connectivity index (χ0) is 23.5. The molecule has 0 fully saturated rings. The maximum Gasteiger partial charge on any atom is -0.0132 e. The van der Waals surface area contributed by atoms with Gasteiger partial charge in [-0.25, -0.2) is 0 Å². The fourth-order valence-electron chi connectivity index (χ4n) is 2.62. The van der Waals surface area contributed by atoms with Crippen LogP contribution in [0.3, 0.4) is 0 Å². The fourth-order valence-corrected chi connectivity index (χ4v) is 2.62. The first kappa shape index (κ1) is 30.4. The van der Waals surface area contributed by atoms with E-state index in [1.54, 1.807) is 0 Å². The summed E-state index contributed by atoms with van der Waals surface area (Å²) in [6, 6.07) is 9.00. The molecule has 0 saturated heterocycles. The molecule has 1 aromatic rings. The van der Waals surface area contributed by atoms with Gasteiger partial charge in [0.1, 0.15) is 0 Å². The number of rotatable bonds is 3. The van der Waals surface area contributed by atoms with Crippen LogP contribution in [0.5, 0.6) is 0 Å². The molecule has 1 aromatic carbocycles. The molecule has 29 heavy (non-hydrogen) atoms. The first-order chi connectivity index (χ1) is 12.8. The summed E-state index contributed by atoms with van der Waals surface area (Å²) in [6.45, 7) is 31.7. The molecule has 172 valence electrons. The molecule has 0 saturated carbocycles. The summed E-state index contributed by atoms with van der Waals surface area (Å²) in [7, 11) is 0. The molecule has 1 rings (SSSR count). The number of benzene rings is 1. The van der Waals surface area contributed by atoms with Crippen LogP contribution >= 0.6 is 0 Å². The Morgan fingerprint density at radius 1 is 0.483 bits per heavy atom. The minimum Gasteiger partial charge on any atom is -0.0654 e. The maximum absolute atomic E-state index is 2.32. The van der Waals surface area contributed by atoms with Crippen LogP contribution in [-0.4, -0.2) is 0 Å². The SMILES string of the molecule is CC(C)(C)CCCC(C)(C)C.CC(C)(C)c1ccc(C(C)(C)C)cc1.CCCC. The van der Waals surface area contributed by atoms with Crippen LogP contribution in [0, 0.1) is 10.8 Å². The normalized spacial score (nSPS) is 12.5. The molecule has 0 atom stereocenters. The van der Waals surface area contributed by atoms with E-state index in [0.717, 1.165) is 0 Å². The van der Waals surface area contributed by atoms with Crippen LogP contribution in [-0.2, 0) is 10.8 Å². The highest BCUT2D eigenvalue weighted by Gasteiger charge is 2.17. The summed E-state index contributed by atoms with van der Waals surface area (Å²) in [5.74, 6) is 0. The minimum atomic E-state index is 0.260. The van der Waals surface area contributed by atoms with Gasteiger partial charge in [-0.3, -0.25) is 0 Å². The standard InChI is InChI=1S/C14H22.C11H24.C4H10/c1-13(2,3)11-7-9-12(10-8-11)14(4,5)6;1-10(2,3)8-7-9-11(4,5)6;1-3-4-2/h7-10H,1-6H3;7-9H2,1-6H3;3-4H2,1-2H3. The van der Waals surface area contributed by atoms with Crippen molar-refractivity contribution in [2.24, 2.45) is 10.8 Å². The summed E-state index contributed by atoms with van der Waals surface area (Å²) >= 11 is 0. The highest BCUT2D eigenvalue weighted by atomic mass is 14.2. The van der Waals surface area contributed by atoms with Gasteiger partial charge < -0.3 is 0 Å². The van der Waals surface area contributed by atoms with E-state index in [0.29, 0.717) is 10.8 Å². The molecule has 0 aliphatic rings. The van der Waals surface area contributed by atoms with Crippen molar-refractivity contribution in [3.63, 3.8) is 0 Å². The van der Waals surface area contributed by atoms with Crippen molar-refractivity contribution in [1.29, 1.82) is 0 Å². The Hall–Kier alpha value is -0.780. The van der Waals surface area contributed by atoms with E-state index in [1.165, 1.54) is 43.2 Å². The molecule has 0 aliphatic carbocycles. The van der Waals surface area contributed by atoms with Crippen molar-refractivity contribution in [1.82, 2.24) is 0 Å². The molecule has 0 aliphatic heterocycles. The minimum absolute atomic E-state index is 0.260. The molecule has 0 heteroatoms. The summed E-state index contributed by atoms with van der Waals surface area (Å²) in [4.78, 5) is 0. The van der Waals surface area contributed by atoms with E-state index in [2.05, 4.69) is 121 Å². The van der Waals surface area contributed by atoms with E-state index in [9.17, 15) is 0 Å². The highest BCUT2D eigenvalue weighted by molar-refractivity contribution is 5.30. The van der Waals surface area contributed by atoms with Gasteiger partial charge in [-0.15, -0.1) is 0 Å². The van der Waals surface area contributed by atoms with Crippen molar-refractivity contribution in [2.45, 2.75) is 140 Å². The van der Waals surface area contributed by atoms with Crippen molar-refractivity contribution in [3.8, 4) is 0 Å². The lowest BCUT2D eigenvalue weighted by Crippen LogP contribution is -2.14. The van der Waals surface area contributed by atoms with Crippen LogP contribution < -0.4 is 0 Å².